The Labute approximate surface area is 69.5 Å². The van der Waals surface area contributed by atoms with E-state index < -0.39 is 12.2 Å². The molecule has 1 aliphatic rings. The van der Waals surface area contributed by atoms with Gasteiger partial charge in [-0.2, -0.15) is 13.2 Å². The molecule has 0 radical (unpaired) electrons. The van der Waals surface area contributed by atoms with E-state index in [-0.39, 0.29) is 6.42 Å². The number of alkyl halides is 3. The molecule has 1 rings (SSSR count). The van der Waals surface area contributed by atoms with Gasteiger partial charge in [-0.1, -0.05) is 0 Å². The molecular weight excluding hydrogens is 169 g/mol. The molecule has 0 bridgehead atoms. The fraction of sp³-hybridized carbons (Fsp3) is 1.00. The third-order valence-electron chi connectivity index (χ3n) is 2.16. The first-order valence-corrected chi connectivity index (χ1v) is 4.06. The fourth-order valence-corrected chi connectivity index (χ4v) is 1.63. The molecule has 1 heterocycles. The molecular formula is C7H13F3N2. The van der Waals surface area contributed by atoms with Crippen LogP contribution < -0.4 is 5.73 Å². The molecule has 1 atom stereocenters. The Balaban J connectivity index is 2.52. The molecule has 0 saturated carbocycles. The molecule has 0 aromatic heterocycles. The highest BCUT2D eigenvalue weighted by Crippen LogP contribution is 2.31. The molecule has 0 aliphatic carbocycles. The van der Waals surface area contributed by atoms with Crippen molar-refractivity contribution >= 4 is 0 Å². The van der Waals surface area contributed by atoms with Crippen molar-refractivity contribution in [3.05, 3.63) is 0 Å². The highest BCUT2D eigenvalue weighted by atomic mass is 19.4. The van der Waals surface area contributed by atoms with Gasteiger partial charge in [0.1, 0.15) is 6.04 Å². The fourth-order valence-electron chi connectivity index (χ4n) is 1.63. The van der Waals surface area contributed by atoms with Crippen LogP contribution in [-0.4, -0.2) is 36.8 Å². The van der Waals surface area contributed by atoms with E-state index in [1.165, 1.54) is 4.90 Å². The zero-order chi connectivity index (χ0) is 9.19. The second kappa shape index (κ2) is 3.62. The Kier molecular flexibility index (Phi) is 2.95. The van der Waals surface area contributed by atoms with Crippen LogP contribution in [0.3, 0.4) is 0 Å². The lowest BCUT2D eigenvalue weighted by Crippen LogP contribution is -2.43. The van der Waals surface area contributed by atoms with Crippen molar-refractivity contribution in [1.29, 1.82) is 0 Å². The second-order valence-corrected chi connectivity index (χ2v) is 3.02. The smallest absolute Gasteiger partial charge is 0.329 e. The van der Waals surface area contributed by atoms with Crippen LogP contribution in [-0.2, 0) is 0 Å². The summed E-state index contributed by atoms with van der Waals surface area (Å²) < 4.78 is 36.8. The molecule has 72 valence electrons. The predicted molar refractivity (Wildman–Crippen MR) is 39.7 cm³/mol. The minimum atomic E-state index is -4.08. The molecule has 5 heteroatoms. The quantitative estimate of drug-likeness (QED) is 0.689. The monoisotopic (exact) mass is 182 g/mol. The van der Waals surface area contributed by atoms with E-state index in [0.717, 1.165) is 0 Å². The molecule has 12 heavy (non-hydrogen) atoms. The number of hydrogen-bond donors (Lipinski definition) is 1. The average Bonchev–Trinajstić information content (AvgIpc) is 2.34. The lowest BCUT2D eigenvalue weighted by Gasteiger charge is -2.25. The lowest BCUT2D eigenvalue weighted by atomic mass is 10.2. The van der Waals surface area contributed by atoms with Crippen LogP contribution >= 0.6 is 0 Å². The van der Waals surface area contributed by atoms with E-state index >= 15 is 0 Å². The van der Waals surface area contributed by atoms with Crippen molar-refractivity contribution < 1.29 is 13.2 Å². The molecule has 1 fully saturated rings. The van der Waals surface area contributed by atoms with Crippen LogP contribution in [0.5, 0.6) is 0 Å². The summed E-state index contributed by atoms with van der Waals surface area (Å²) in [4.78, 5) is 1.42. The molecule has 0 amide bonds. The summed E-state index contributed by atoms with van der Waals surface area (Å²) in [5, 5.41) is 0. The van der Waals surface area contributed by atoms with Crippen molar-refractivity contribution in [1.82, 2.24) is 4.90 Å². The summed E-state index contributed by atoms with van der Waals surface area (Å²) in [6, 6.07) is -1.25. The zero-order valence-electron chi connectivity index (χ0n) is 6.77. The van der Waals surface area contributed by atoms with Crippen LogP contribution in [0.15, 0.2) is 0 Å². The van der Waals surface area contributed by atoms with Gasteiger partial charge >= 0.3 is 6.18 Å². The summed E-state index contributed by atoms with van der Waals surface area (Å²) >= 11 is 0. The maximum atomic E-state index is 12.3. The van der Waals surface area contributed by atoms with Crippen LogP contribution in [0.25, 0.3) is 0 Å². The summed E-state index contributed by atoms with van der Waals surface area (Å²) in [5.74, 6) is 0. The number of nitrogens with zero attached hydrogens (tertiary/aromatic N) is 1. The Morgan fingerprint density at radius 2 is 2.08 bits per heavy atom. The normalized spacial score (nSPS) is 26.5. The van der Waals surface area contributed by atoms with Gasteiger partial charge in [0.2, 0.25) is 0 Å². The summed E-state index contributed by atoms with van der Waals surface area (Å²) in [6.45, 7) is 1.18. The van der Waals surface area contributed by atoms with Crippen LogP contribution in [0, 0.1) is 0 Å². The van der Waals surface area contributed by atoms with Gasteiger partial charge in [0.05, 0.1) is 0 Å². The molecule has 0 spiro atoms. The number of hydrogen-bond acceptors (Lipinski definition) is 2. The Bertz CT molecular complexity index is 146. The van der Waals surface area contributed by atoms with E-state index in [2.05, 4.69) is 0 Å². The van der Waals surface area contributed by atoms with E-state index in [4.69, 9.17) is 5.73 Å². The van der Waals surface area contributed by atoms with Gasteiger partial charge in [-0.15, -0.1) is 0 Å². The first kappa shape index (κ1) is 9.80. The molecule has 0 aromatic rings. The van der Waals surface area contributed by atoms with Crippen LogP contribution in [0.1, 0.15) is 12.8 Å². The van der Waals surface area contributed by atoms with Gasteiger partial charge in [0, 0.05) is 13.1 Å². The topological polar surface area (TPSA) is 29.3 Å². The van der Waals surface area contributed by atoms with Crippen molar-refractivity contribution in [2.45, 2.75) is 25.1 Å². The van der Waals surface area contributed by atoms with E-state index in [9.17, 15) is 13.2 Å². The lowest BCUT2D eigenvalue weighted by molar-refractivity contribution is -0.175. The van der Waals surface area contributed by atoms with E-state index in [0.29, 0.717) is 26.1 Å². The van der Waals surface area contributed by atoms with E-state index in [1.54, 1.807) is 0 Å². The van der Waals surface area contributed by atoms with Gasteiger partial charge in [-0.25, -0.2) is 0 Å². The van der Waals surface area contributed by atoms with E-state index in [1.807, 2.05) is 0 Å². The highest BCUT2D eigenvalue weighted by molar-refractivity contribution is 4.84. The number of nitrogens with two attached hydrogens (primary N) is 1. The first-order valence-electron chi connectivity index (χ1n) is 4.06. The van der Waals surface area contributed by atoms with Gasteiger partial charge in [-0.05, 0) is 19.4 Å². The maximum absolute atomic E-state index is 12.3. The van der Waals surface area contributed by atoms with Gasteiger partial charge in [-0.3, -0.25) is 4.90 Å². The zero-order valence-corrected chi connectivity index (χ0v) is 6.77. The van der Waals surface area contributed by atoms with Crippen molar-refractivity contribution in [3.63, 3.8) is 0 Å². The minimum Gasteiger partial charge on any atom is -0.329 e. The maximum Gasteiger partial charge on any atom is 0.404 e. The Hall–Kier alpha value is -0.290. The summed E-state index contributed by atoms with van der Waals surface area (Å²) in [5.41, 5.74) is 5.20. The van der Waals surface area contributed by atoms with Crippen molar-refractivity contribution in [3.8, 4) is 0 Å². The highest BCUT2D eigenvalue weighted by Gasteiger charge is 2.45. The van der Waals surface area contributed by atoms with Gasteiger partial charge in [0.25, 0.3) is 0 Å². The van der Waals surface area contributed by atoms with Crippen molar-refractivity contribution in [2.24, 2.45) is 5.73 Å². The standard InChI is InChI=1S/C7H13F3N2/c8-7(9,10)6-2-1-4-12(6)5-3-11/h6H,1-5,11H2. The van der Waals surface area contributed by atoms with Gasteiger partial charge < -0.3 is 5.73 Å². The molecule has 0 aromatic carbocycles. The molecule has 2 N–H and O–H groups in total. The predicted octanol–water partition coefficient (Wildman–Crippen LogP) is 0.972. The Morgan fingerprint density at radius 1 is 1.42 bits per heavy atom. The molecule has 2 nitrogen and oxygen atoms in total. The third-order valence-corrected chi connectivity index (χ3v) is 2.16. The molecule has 1 saturated heterocycles. The SMILES string of the molecule is NCCN1CCCC1C(F)(F)F. The second-order valence-electron chi connectivity index (χ2n) is 3.02. The molecule has 1 aliphatic heterocycles. The summed E-state index contributed by atoms with van der Waals surface area (Å²) in [6.07, 6.45) is -3.22. The third kappa shape index (κ3) is 2.10. The van der Waals surface area contributed by atoms with Gasteiger partial charge in [0.15, 0.2) is 0 Å². The minimum absolute atomic E-state index is 0.226. The number of halogens is 3. The van der Waals surface area contributed by atoms with Crippen LogP contribution in [0.2, 0.25) is 0 Å². The average molecular weight is 182 g/mol. The Morgan fingerprint density at radius 3 is 2.58 bits per heavy atom. The molecule has 1 unspecified atom stereocenters. The summed E-state index contributed by atoms with van der Waals surface area (Å²) in [7, 11) is 0. The number of likely N-dealkylation sites (tertiary alicyclic amines) is 1. The number of rotatable bonds is 2. The van der Waals surface area contributed by atoms with Crippen molar-refractivity contribution in [2.75, 3.05) is 19.6 Å². The first-order chi connectivity index (χ1) is 5.55. The van der Waals surface area contributed by atoms with Crippen LogP contribution in [0.4, 0.5) is 13.2 Å². The largest absolute Gasteiger partial charge is 0.404 e.